The zero-order valence-corrected chi connectivity index (χ0v) is 11.6. The lowest BCUT2D eigenvalue weighted by Gasteiger charge is -2.19. The Hall–Kier alpha value is -0.340. The van der Waals surface area contributed by atoms with Crippen LogP contribution in [0.25, 0.3) is 0 Å². The van der Waals surface area contributed by atoms with Gasteiger partial charge < -0.3 is 5.32 Å². The van der Waals surface area contributed by atoms with Crippen LogP contribution in [0.5, 0.6) is 0 Å². The van der Waals surface area contributed by atoms with Crippen molar-refractivity contribution in [1.29, 1.82) is 0 Å². The Bertz CT molecular complexity index is 350. The van der Waals surface area contributed by atoms with E-state index in [4.69, 9.17) is 0 Å². The van der Waals surface area contributed by atoms with Crippen molar-refractivity contribution in [3.8, 4) is 0 Å². The third kappa shape index (κ3) is 2.86. The molecule has 0 amide bonds. The summed E-state index contributed by atoms with van der Waals surface area (Å²) in [6.45, 7) is 5.73. The average Bonchev–Trinajstić information content (AvgIpc) is 2.57. The van der Waals surface area contributed by atoms with E-state index in [1.807, 2.05) is 0 Å². The fraction of sp³-hybridized carbons (Fsp3) is 0.571. The predicted octanol–water partition coefficient (Wildman–Crippen LogP) is 3.97. The Morgan fingerprint density at radius 3 is 2.75 bits per heavy atom. The molecule has 2 rings (SSSR count). The van der Waals surface area contributed by atoms with Crippen molar-refractivity contribution in [3.63, 3.8) is 0 Å². The highest BCUT2D eigenvalue weighted by molar-refractivity contribution is 9.10. The summed E-state index contributed by atoms with van der Waals surface area (Å²) >= 11 is 3.51. The zero-order valence-electron chi connectivity index (χ0n) is 10.0. The molecule has 0 aliphatic heterocycles. The molecule has 1 saturated carbocycles. The van der Waals surface area contributed by atoms with Crippen molar-refractivity contribution in [2.45, 2.75) is 39.3 Å². The minimum atomic E-state index is 0.703. The van der Waals surface area contributed by atoms with Crippen LogP contribution >= 0.6 is 15.9 Å². The lowest BCUT2D eigenvalue weighted by atomic mass is 9.98. The first-order valence-electron chi connectivity index (χ1n) is 6.14. The Morgan fingerprint density at radius 2 is 2.12 bits per heavy atom. The van der Waals surface area contributed by atoms with E-state index in [2.05, 4.69) is 59.4 Å². The average molecular weight is 282 g/mol. The van der Waals surface area contributed by atoms with Crippen LogP contribution in [0.15, 0.2) is 28.7 Å². The molecule has 1 aliphatic rings. The number of benzene rings is 1. The van der Waals surface area contributed by atoms with Gasteiger partial charge in [-0.15, -0.1) is 0 Å². The van der Waals surface area contributed by atoms with Crippen molar-refractivity contribution in [1.82, 2.24) is 5.32 Å². The largest absolute Gasteiger partial charge is 0.310 e. The van der Waals surface area contributed by atoms with Gasteiger partial charge in [0.2, 0.25) is 0 Å². The van der Waals surface area contributed by atoms with Crippen LogP contribution < -0.4 is 5.32 Å². The van der Waals surface area contributed by atoms with Crippen LogP contribution in [0, 0.1) is 11.8 Å². The van der Waals surface area contributed by atoms with Gasteiger partial charge in [-0.3, -0.25) is 0 Å². The highest BCUT2D eigenvalue weighted by atomic mass is 79.9. The molecule has 1 fully saturated rings. The van der Waals surface area contributed by atoms with Crippen LogP contribution in [0.1, 0.15) is 32.3 Å². The second-order valence-corrected chi connectivity index (χ2v) is 5.95. The molecule has 0 saturated heterocycles. The molecule has 1 aliphatic carbocycles. The first kappa shape index (κ1) is 12.1. The lowest BCUT2D eigenvalue weighted by molar-refractivity contribution is 0.370. The van der Waals surface area contributed by atoms with E-state index in [1.54, 1.807) is 0 Å². The molecular formula is C14H20BrN. The van der Waals surface area contributed by atoms with Gasteiger partial charge in [-0.1, -0.05) is 41.9 Å². The van der Waals surface area contributed by atoms with Crippen molar-refractivity contribution in [2.75, 3.05) is 0 Å². The zero-order chi connectivity index (χ0) is 11.5. The van der Waals surface area contributed by atoms with E-state index in [1.165, 1.54) is 22.9 Å². The number of halogens is 1. The molecular weight excluding hydrogens is 262 g/mol. The highest BCUT2D eigenvalue weighted by Crippen LogP contribution is 2.31. The van der Waals surface area contributed by atoms with Gasteiger partial charge in [0.1, 0.15) is 0 Å². The Balaban J connectivity index is 1.88. The van der Waals surface area contributed by atoms with E-state index in [9.17, 15) is 0 Å². The Kier molecular flexibility index (Phi) is 4.04. The molecule has 0 radical (unpaired) electrons. The first-order chi connectivity index (χ1) is 7.66. The number of nitrogens with one attached hydrogen (secondary N) is 1. The second kappa shape index (κ2) is 5.33. The molecule has 1 nitrogen and oxygen atoms in total. The minimum Gasteiger partial charge on any atom is -0.310 e. The van der Waals surface area contributed by atoms with Crippen LogP contribution in [-0.2, 0) is 6.54 Å². The minimum absolute atomic E-state index is 0.703. The molecule has 1 N–H and O–H groups in total. The number of hydrogen-bond acceptors (Lipinski definition) is 1. The summed E-state index contributed by atoms with van der Waals surface area (Å²) in [4.78, 5) is 0. The maximum Gasteiger partial charge on any atom is 0.0208 e. The van der Waals surface area contributed by atoms with Crippen molar-refractivity contribution in [2.24, 2.45) is 11.8 Å². The first-order valence-corrected chi connectivity index (χ1v) is 6.94. The van der Waals surface area contributed by atoms with Crippen molar-refractivity contribution in [3.05, 3.63) is 34.3 Å². The second-order valence-electron chi connectivity index (χ2n) is 5.03. The smallest absolute Gasteiger partial charge is 0.0208 e. The van der Waals surface area contributed by atoms with Gasteiger partial charge in [-0.05, 0) is 42.4 Å². The fourth-order valence-corrected chi connectivity index (χ4v) is 3.00. The third-order valence-electron chi connectivity index (χ3n) is 3.92. The summed E-state index contributed by atoms with van der Waals surface area (Å²) in [5.74, 6) is 1.69. The maximum atomic E-state index is 3.68. The molecule has 88 valence electrons. The van der Waals surface area contributed by atoms with Crippen LogP contribution in [0.2, 0.25) is 0 Å². The summed E-state index contributed by atoms with van der Waals surface area (Å²) in [6, 6.07) is 9.25. The van der Waals surface area contributed by atoms with Gasteiger partial charge in [0.05, 0.1) is 0 Å². The van der Waals surface area contributed by atoms with E-state index < -0.39 is 0 Å². The third-order valence-corrected chi connectivity index (χ3v) is 4.42. The van der Waals surface area contributed by atoms with Crippen molar-refractivity contribution < 1.29 is 0 Å². The SMILES string of the molecule is CC1CCC(NCc2cccc(Br)c2)C1C. The molecule has 1 aromatic rings. The van der Waals surface area contributed by atoms with Gasteiger partial charge in [0.25, 0.3) is 0 Å². The van der Waals surface area contributed by atoms with Gasteiger partial charge in [0, 0.05) is 17.1 Å². The van der Waals surface area contributed by atoms with E-state index >= 15 is 0 Å². The molecule has 0 spiro atoms. The molecule has 3 atom stereocenters. The predicted molar refractivity (Wildman–Crippen MR) is 72.3 cm³/mol. The van der Waals surface area contributed by atoms with E-state index in [0.29, 0.717) is 6.04 Å². The highest BCUT2D eigenvalue weighted by Gasteiger charge is 2.28. The molecule has 0 bridgehead atoms. The van der Waals surface area contributed by atoms with Crippen LogP contribution in [0.4, 0.5) is 0 Å². The Labute approximate surface area is 107 Å². The topological polar surface area (TPSA) is 12.0 Å². The molecule has 0 heterocycles. The summed E-state index contributed by atoms with van der Waals surface area (Å²) in [5, 5.41) is 3.68. The van der Waals surface area contributed by atoms with Crippen LogP contribution in [0.3, 0.4) is 0 Å². The summed E-state index contributed by atoms with van der Waals surface area (Å²) < 4.78 is 1.17. The quantitative estimate of drug-likeness (QED) is 0.884. The molecule has 3 unspecified atom stereocenters. The Morgan fingerprint density at radius 1 is 1.31 bits per heavy atom. The summed E-state index contributed by atoms with van der Waals surface area (Å²) in [5.41, 5.74) is 1.36. The van der Waals surface area contributed by atoms with Gasteiger partial charge >= 0.3 is 0 Å². The summed E-state index contributed by atoms with van der Waals surface area (Å²) in [6.07, 6.45) is 2.70. The van der Waals surface area contributed by atoms with E-state index in [-0.39, 0.29) is 0 Å². The number of hydrogen-bond donors (Lipinski definition) is 1. The van der Waals surface area contributed by atoms with Gasteiger partial charge in [-0.25, -0.2) is 0 Å². The number of rotatable bonds is 3. The summed E-state index contributed by atoms with van der Waals surface area (Å²) in [7, 11) is 0. The lowest BCUT2D eigenvalue weighted by Crippen LogP contribution is -2.31. The molecule has 0 aromatic heterocycles. The monoisotopic (exact) mass is 281 g/mol. The maximum absolute atomic E-state index is 3.68. The fourth-order valence-electron chi connectivity index (χ4n) is 2.55. The van der Waals surface area contributed by atoms with Crippen LogP contribution in [-0.4, -0.2) is 6.04 Å². The molecule has 2 heteroatoms. The standard InChI is InChI=1S/C14H20BrN/c1-10-6-7-14(11(10)2)16-9-12-4-3-5-13(15)8-12/h3-5,8,10-11,14,16H,6-7,9H2,1-2H3. The van der Waals surface area contributed by atoms with Gasteiger partial charge in [-0.2, -0.15) is 0 Å². The van der Waals surface area contributed by atoms with Crippen molar-refractivity contribution >= 4 is 15.9 Å². The van der Waals surface area contributed by atoms with E-state index in [0.717, 1.165) is 18.4 Å². The molecule has 1 aromatic carbocycles. The molecule has 16 heavy (non-hydrogen) atoms. The normalized spacial score (nSPS) is 29.6. The van der Waals surface area contributed by atoms with Gasteiger partial charge in [0.15, 0.2) is 0 Å².